The fraction of sp³-hybridized carbons (Fsp3) is 0.643. The Morgan fingerprint density at radius 1 is 1.19 bits per heavy atom. The van der Waals surface area contributed by atoms with Crippen LogP contribution in [0.15, 0.2) is 24.4 Å². The van der Waals surface area contributed by atoms with Crippen LogP contribution in [0.5, 0.6) is 0 Å². The molecular formula is C14H24ClN. The maximum Gasteiger partial charge on any atom is 0.0403 e. The standard InChI is InChI=1S/C14H23N.ClH/c1-3-4-8-13(2)9-7-11-14-10-5-6-12-15-14;/h5-6,10,12-13H,3-4,7-9,11H2,1-2H3;1H. The highest BCUT2D eigenvalue weighted by Crippen LogP contribution is 2.15. The molecule has 0 saturated heterocycles. The van der Waals surface area contributed by atoms with E-state index in [0.717, 1.165) is 12.3 Å². The van der Waals surface area contributed by atoms with Crippen LogP contribution in [0.1, 0.15) is 51.6 Å². The molecule has 0 radical (unpaired) electrons. The molecule has 0 saturated carbocycles. The largest absolute Gasteiger partial charge is 0.261 e. The van der Waals surface area contributed by atoms with Crippen molar-refractivity contribution in [3.63, 3.8) is 0 Å². The molecule has 1 aromatic rings. The molecule has 0 bridgehead atoms. The summed E-state index contributed by atoms with van der Waals surface area (Å²) in [6.07, 6.45) is 9.74. The lowest BCUT2D eigenvalue weighted by Gasteiger charge is -2.09. The van der Waals surface area contributed by atoms with Gasteiger partial charge in [0.25, 0.3) is 0 Å². The van der Waals surface area contributed by atoms with E-state index in [9.17, 15) is 0 Å². The van der Waals surface area contributed by atoms with Gasteiger partial charge in [0.05, 0.1) is 0 Å². The molecule has 1 rings (SSSR count). The van der Waals surface area contributed by atoms with E-state index in [1.165, 1.54) is 37.8 Å². The molecule has 0 aliphatic rings. The van der Waals surface area contributed by atoms with E-state index in [2.05, 4.69) is 31.0 Å². The minimum Gasteiger partial charge on any atom is -0.261 e. The first-order valence-corrected chi connectivity index (χ1v) is 6.22. The Labute approximate surface area is 106 Å². The molecule has 0 amide bonds. The highest BCUT2D eigenvalue weighted by molar-refractivity contribution is 5.85. The zero-order valence-electron chi connectivity index (χ0n) is 10.5. The molecular weight excluding hydrogens is 218 g/mol. The predicted molar refractivity (Wildman–Crippen MR) is 73.1 cm³/mol. The monoisotopic (exact) mass is 241 g/mol. The lowest BCUT2D eigenvalue weighted by Crippen LogP contribution is -1.97. The normalized spacial score (nSPS) is 11.9. The van der Waals surface area contributed by atoms with Crippen LogP contribution in [-0.4, -0.2) is 4.98 Å². The van der Waals surface area contributed by atoms with Gasteiger partial charge in [0.15, 0.2) is 0 Å². The van der Waals surface area contributed by atoms with Gasteiger partial charge >= 0.3 is 0 Å². The summed E-state index contributed by atoms with van der Waals surface area (Å²) in [6.45, 7) is 4.63. The lowest BCUT2D eigenvalue weighted by atomic mass is 9.97. The van der Waals surface area contributed by atoms with Crippen molar-refractivity contribution in [1.29, 1.82) is 0 Å². The second-order valence-electron chi connectivity index (χ2n) is 4.46. The van der Waals surface area contributed by atoms with Gasteiger partial charge in [-0.2, -0.15) is 0 Å². The summed E-state index contributed by atoms with van der Waals surface area (Å²) >= 11 is 0. The molecule has 0 aliphatic carbocycles. The molecule has 0 aliphatic heterocycles. The summed E-state index contributed by atoms with van der Waals surface area (Å²) in [5, 5.41) is 0. The smallest absolute Gasteiger partial charge is 0.0403 e. The van der Waals surface area contributed by atoms with Gasteiger partial charge in [0, 0.05) is 11.9 Å². The Balaban J connectivity index is 0.00000225. The molecule has 0 aromatic carbocycles. The number of hydrogen-bond donors (Lipinski definition) is 0. The Hall–Kier alpha value is -0.560. The number of nitrogens with zero attached hydrogens (tertiary/aromatic N) is 1. The van der Waals surface area contributed by atoms with Crippen LogP contribution in [0.3, 0.4) is 0 Å². The van der Waals surface area contributed by atoms with Crippen LogP contribution in [0, 0.1) is 5.92 Å². The second-order valence-corrected chi connectivity index (χ2v) is 4.46. The highest BCUT2D eigenvalue weighted by Gasteiger charge is 2.01. The molecule has 1 nitrogen and oxygen atoms in total. The van der Waals surface area contributed by atoms with Crippen molar-refractivity contribution in [2.75, 3.05) is 0 Å². The number of hydrogen-bond acceptors (Lipinski definition) is 1. The van der Waals surface area contributed by atoms with E-state index in [1.807, 2.05) is 12.3 Å². The van der Waals surface area contributed by atoms with Crippen molar-refractivity contribution >= 4 is 12.4 Å². The van der Waals surface area contributed by atoms with Crippen molar-refractivity contribution < 1.29 is 0 Å². The maximum absolute atomic E-state index is 4.34. The third kappa shape index (κ3) is 6.84. The predicted octanol–water partition coefficient (Wildman–Crippen LogP) is 4.65. The summed E-state index contributed by atoms with van der Waals surface area (Å²) in [6, 6.07) is 6.17. The van der Waals surface area contributed by atoms with E-state index in [1.54, 1.807) is 0 Å². The van der Waals surface area contributed by atoms with E-state index < -0.39 is 0 Å². The van der Waals surface area contributed by atoms with Gasteiger partial charge < -0.3 is 0 Å². The maximum atomic E-state index is 4.34. The van der Waals surface area contributed by atoms with Gasteiger partial charge in [-0.25, -0.2) is 0 Å². The first-order chi connectivity index (χ1) is 7.33. The van der Waals surface area contributed by atoms with Crippen LogP contribution in [0.25, 0.3) is 0 Å². The van der Waals surface area contributed by atoms with Crippen LogP contribution < -0.4 is 0 Å². The number of rotatable bonds is 7. The molecule has 1 heterocycles. The third-order valence-electron chi connectivity index (χ3n) is 2.91. The SMILES string of the molecule is CCCCC(C)CCCc1ccccn1.Cl. The fourth-order valence-electron chi connectivity index (χ4n) is 1.87. The zero-order valence-corrected chi connectivity index (χ0v) is 11.3. The van der Waals surface area contributed by atoms with Crippen molar-refractivity contribution in [3.05, 3.63) is 30.1 Å². The molecule has 0 spiro atoms. The van der Waals surface area contributed by atoms with Gasteiger partial charge in [0.2, 0.25) is 0 Å². The van der Waals surface area contributed by atoms with Crippen LogP contribution in [-0.2, 0) is 6.42 Å². The number of unbranched alkanes of at least 4 members (excludes halogenated alkanes) is 1. The van der Waals surface area contributed by atoms with Gasteiger partial charge in [-0.05, 0) is 30.9 Å². The average molecular weight is 242 g/mol. The minimum atomic E-state index is 0. The van der Waals surface area contributed by atoms with Crippen molar-refractivity contribution in [1.82, 2.24) is 4.98 Å². The van der Waals surface area contributed by atoms with E-state index in [0.29, 0.717) is 0 Å². The van der Waals surface area contributed by atoms with E-state index in [4.69, 9.17) is 0 Å². The summed E-state index contributed by atoms with van der Waals surface area (Å²) in [7, 11) is 0. The number of halogens is 1. The molecule has 1 unspecified atom stereocenters. The van der Waals surface area contributed by atoms with Gasteiger partial charge in [-0.3, -0.25) is 4.98 Å². The van der Waals surface area contributed by atoms with E-state index in [-0.39, 0.29) is 12.4 Å². The quantitative estimate of drug-likeness (QED) is 0.677. The first-order valence-electron chi connectivity index (χ1n) is 6.22. The Bertz CT molecular complexity index is 248. The van der Waals surface area contributed by atoms with Crippen molar-refractivity contribution in [3.8, 4) is 0 Å². The Morgan fingerprint density at radius 3 is 2.56 bits per heavy atom. The Kier molecular flexibility index (Phi) is 9.31. The van der Waals surface area contributed by atoms with Gasteiger partial charge in [0.1, 0.15) is 0 Å². The van der Waals surface area contributed by atoms with Crippen molar-refractivity contribution in [2.45, 2.75) is 52.4 Å². The fourth-order valence-corrected chi connectivity index (χ4v) is 1.87. The van der Waals surface area contributed by atoms with Gasteiger partial charge in [-0.1, -0.05) is 45.6 Å². The summed E-state index contributed by atoms with van der Waals surface area (Å²) in [4.78, 5) is 4.34. The summed E-state index contributed by atoms with van der Waals surface area (Å²) in [5.74, 6) is 0.883. The van der Waals surface area contributed by atoms with Gasteiger partial charge in [-0.15, -0.1) is 12.4 Å². The zero-order chi connectivity index (χ0) is 10.9. The molecule has 1 atom stereocenters. The average Bonchev–Trinajstić information content (AvgIpc) is 2.28. The highest BCUT2D eigenvalue weighted by atomic mass is 35.5. The second kappa shape index (κ2) is 9.65. The lowest BCUT2D eigenvalue weighted by molar-refractivity contribution is 0.456. The summed E-state index contributed by atoms with van der Waals surface area (Å²) in [5.41, 5.74) is 1.24. The van der Waals surface area contributed by atoms with Crippen LogP contribution in [0.4, 0.5) is 0 Å². The number of aryl methyl sites for hydroxylation is 1. The van der Waals surface area contributed by atoms with E-state index >= 15 is 0 Å². The van der Waals surface area contributed by atoms with Crippen LogP contribution >= 0.6 is 12.4 Å². The number of aromatic nitrogens is 1. The third-order valence-corrected chi connectivity index (χ3v) is 2.91. The first kappa shape index (κ1) is 15.4. The number of pyridine rings is 1. The molecule has 92 valence electrons. The summed E-state index contributed by atoms with van der Waals surface area (Å²) < 4.78 is 0. The molecule has 2 heteroatoms. The molecule has 0 N–H and O–H groups in total. The molecule has 16 heavy (non-hydrogen) atoms. The molecule has 1 aromatic heterocycles. The van der Waals surface area contributed by atoms with Crippen LogP contribution in [0.2, 0.25) is 0 Å². The topological polar surface area (TPSA) is 12.9 Å². The van der Waals surface area contributed by atoms with Crippen molar-refractivity contribution in [2.24, 2.45) is 5.92 Å². The molecule has 0 fully saturated rings. The minimum absolute atomic E-state index is 0. The Morgan fingerprint density at radius 2 is 1.94 bits per heavy atom.